The number of azo groups is 3. The van der Waals surface area contributed by atoms with Gasteiger partial charge in [0.15, 0.2) is 17.2 Å². The van der Waals surface area contributed by atoms with Gasteiger partial charge in [0.1, 0.15) is 23.7 Å². The number of anilines is 6. The Morgan fingerprint density at radius 1 is 0.351 bits per heavy atom. The summed E-state index contributed by atoms with van der Waals surface area (Å²) in [7, 11) is 10.2. The lowest BCUT2D eigenvalue weighted by molar-refractivity contribution is 0.0982. The van der Waals surface area contributed by atoms with Gasteiger partial charge in [-0.1, -0.05) is 148 Å². The summed E-state index contributed by atoms with van der Waals surface area (Å²) in [6.07, 6.45) is 2.39. The smallest absolute Gasteiger partial charge is 0.261 e. The molecular formula is C81H74N10O6. The van der Waals surface area contributed by atoms with Crippen molar-refractivity contribution in [2.45, 2.75) is 46.6 Å². The van der Waals surface area contributed by atoms with Gasteiger partial charge in [-0.05, 0) is 161 Å². The normalized spacial score (nSPS) is 11.5. The molecule has 0 aliphatic carbocycles. The second-order valence-electron chi connectivity index (χ2n) is 23.1. The highest BCUT2D eigenvalue weighted by Gasteiger charge is 2.27. The van der Waals surface area contributed by atoms with Crippen LogP contribution in [0.4, 0.5) is 68.2 Å². The van der Waals surface area contributed by atoms with Crippen molar-refractivity contribution in [3.8, 4) is 17.2 Å². The summed E-state index contributed by atoms with van der Waals surface area (Å²) in [5, 5.41) is 35.8. The summed E-state index contributed by atoms with van der Waals surface area (Å²) in [5.74, 6) is 0.730. The van der Waals surface area contributed by atoms with Gasteiger partial charge in [0, 0.05) is 71.3 Å². The molecule has 97 heavy (non-hydrogen) atoms. The Balaban J connectivity index is 0.885. The first-order chi connectivity index (χ1) is 47.4. The molecule has 16 heteroatoms. The molecule has 2 amide bonds. The maximum atomic E-state index is 14.5. The number of methoxy groups -OCH3 is 3. The number of amides is 2. The molecule has 0 saturated carbocycles. The second-order valence-corrected chi connectivity index (χ2v) is 23.1. The standard InChI is InChI=1S/C81H74N10O6/c1-10-53-25-16-22-34-71(53)88(4)80(92)69-50-57-29-14-20-32-67(57)75(78(69)95-8)86-83-61-39-45-64(46-40-61)91(63-43-37-60(38-44-63)82-85-74-66-31-19-13-28-56(66)49-59(77(74)94-7)52-97-90(6)73-36-24-18-27-55(73)12-3)65-47-41-62(42-48-65)84-87-76-68-33-21-15-30-58(68)51-70(79(76)96-9)81(93)89(5)72-35-23-17-26-54(72)11-2/h13-51H,10-12,52H2,1-9H3. The minimum absolute atomic E-state index is 0.230. The van der Waals surface area contributed by atoms with Crippen molar-refractivity contribution in [3.63, 3.8) is 0 Å². The van der Waals surface area contributed by atoms with Gasteiger partial charge in [-0.3, -0.25) is 19.5 Å². The molecule has 0 heterocycles. The van der Waals surface area contributed by atoms with E-state index < -0.39 is 0 Å². The number of rotatable bonds is 23. The van der Waals surface area contributed by atoms with Crippen LogP contribution < -0.4 is 34.0 Å². The van der Waals surface area contributed by atoms with Crippen LogP contribution in [0, 0.1) is 0 Å². The Bertz CT molecular complexity index is 4750. The highest BCUT2D eigenvalue weighted by atomic mass is 16.7. The average molecular weight is 1280 g/mol. The minimum atomic E-state index is -0.236. The summed E-state index contributed by atoms with van der Waals surface area (Å²) in [6, 6.07) is 76.7. The molecule has 0 spiro atoms. The molecule has 0 aliphatic heterocycles. The van der Waals surface area contributed by atoms with Crippen LogP contribution in [0.3, 0.4) is 0 Å². The molecule has 16 nitrogen and oxygen atoms in total. The van der Waals surface area contributed by atoms with Gasteiger partial charge in [0.2, 0.25) is 0 Å². The van der Waals surface area contributed by atoms with Crippen LogP contribution in [0.2, 0.25) is 0 Å². The van der Waals surface area contributed by atoms with E-state index in [1.165, 1.54) is 5.56 Å². The van der Waals surface area contributed by atoms with Crippen molar-refractivity contribution >= 4 is 112 Å². The van der Waals surface area contributed by atoms with E-state index >= 15 is 0 Å². The van der Waals surface area contributed by atoms with Crippen LogP contribution >= 0.6 is 0 Å². The topological polar surface area (TPSA) is 158 Å². The summed E-state index contributed by atoms with van der Waals surface area (Å²) in [4.78, 5) is 40.8. The molecule has 0 bridgehead atoms. The van der Waals surface area contributed by atoms with Crippen molar-refractivity contribution in [2.75, 3.05) is 62.2 Å². The molecule has 0 radical (unpaired) electrons. The van der Waals surface area contributed by atoms with Crippen molar-refractivity contribution in [1.82, 2.24) is 0 Å². The molecule has 12 rings (SSSR count). The molecular weight excluding hydrogens is 1210 g/mol. The van der Waals surface area contributed by atoms with Crippen LogP contribution in [0.25, 0.3) is 32.3 Å². The van der Waals surface area contributed by atoms with E-state index in [9.17, 15) is 9.59 Å². The third-order valence-corrected chi connectivity index (χ3v) is 17.4. The van der Waals surface area contributed by atoms with Gasteiger partial charge in [-0.25, -0.2) is 0 Å². The molecule has 0 N–H and O–H groups in total. The molecule has 0 aliphatic rings. The molecule has 12 aromatic carbocycles. The fourth-order valence-corrected chi connectivity index (χ4v) is 12.3. The van der Waals surface area contributed by atoms with Gasteiger partial charge >= 0.3 is 0 Å². The number of carbonyl (C=O) groups is 2. The summed E-state index contributed by atoms with van der Waals surface area (Å²) in [6.45, 7) is 6.50. The Morgan fingerprint density at radius 3 is 1.04 bits per heavy atom. The first kappa shape index (κ1) is 65.2. The Kier molecular flexibility index (Phi) is 19.9. The first-order valence-electron chi connectivity index (χ1n) is 32.2. The number of para-hydroxylation sites is 3. The number of hydrogen-bond acceptors (Lipinski definition) is 14. The fourth-order valence-electron chi connectivity index (χ4n) is 12.3. The van der Waals surface area contributed by atoms with E-state index in [0.29, 0.717) is 62.5 Å². The zero-order chi connectivity index (χ0) is 67.5. The number of carbonyl (C=O) groups excluding carboxylic acids is 2. The fraction of sp³-hybridized carbons (Fsp3) is 0.160. The number of benzene rings is 12. The number of ether oxygens (including phenoxy) is 3. The lowest BCUT2D eigenvalue weighted by Crippen LogP contribution is -2.27. The summed E-state index contributed by atoms with van der Waals surface area (Å²) in [5.41, 5.74) is 13.0. The second kappa shape index (κ2) is 29.6. The summed E-state index contributed by atoms with van der Waals surface area (Å²) < 4.78 is 18.2. The maximum absolute atomic E-state index is 14.5. The largest absolute Gasteiger partial charge is 0.494 e. The van der Waals surface area contributed by atoms with Crippen LogP contribution in [0.1, 0.15) is 63.7 Å². The van der Waals surface area contributed by atoms with Crippen LogP contribution in [0.5, 0.6) is 17.2 Å². The van der Waals surface area contributed by atoms with Gasteiger partial charge in [0.05, 0.1) is 55.2 Å². The SMILES string of the molecule is CCc1ccccc1N(C)OCc1cc2ccccc2c(N=Nc2ccc(N(c3ccc(N=Nc4c(OC)c(C(=O)N(C)c5ccccc5CC)cc5ccccc45)cc3)c3ccc(N=Nc4c(OC)c(C(=O)N(C)c5ccccc5CC)cc5ccccc45)cc3)cc2)c1OC. The highest BCUT2D eigenvalue weighted by molar-refractivity contribution is 6.14. The molecule has 0 aromatic heterocycles. The van der Waals surface area contributed by atoms with E-state index in [1.807, 2.05) is 225 Å². The van der Waals surface area contributed by atoms with Gasteiger partial charge in [0.25, 0.3) is 11.8 Å². The maximum Gasteiger partial charge on any atom is 0.261 e. The Hall–Kier alpha value is -11.9. The molecule has 0 atom stereocenters. The van der Waals surface area contributed by atoms with E-state index in [-0.39, 0.29) is 18.4 Å². The van der Waals surface area contributed by atoms with E-state index in [0.717, 1.165) is 102 Å². The molecule has 0 unspecified atom stereocenters. The first-order valence-corrected chi connectivity index (χ1v) is 32.2. The average Bonchev–Trinajstić information content (AvgIpc) is 0.794. The molecule has 484 valence electrons. The van der Waals surface area contributed by atoms with E-state index in [4.69, 9.17) is 49.7 Å². The number of nitrogens with zero attached hydrogens (tertiary/aromatic N) is 10. The molecule has 0 fully saturated rings. The van der Waals surface area contributed by atoms with Crippen LogP contribution in [-0.4, -0.2) is 54.3 Å². The van der Waals surface area contributed by atoms with Crippen LogP contribution in [-0.2, 0) is 30.7 Å². The van der Waals surface area contributed by atoms with E-state index in [2.05, 4.69) is 43.9 Å². The summed E-state index contributed by atoms with van der Waals surface area (Å²) >= 11 is 0. The lowest BCUT2D eigenvalue weighted by atomic mass is 10.0. The van der Waals surface area contributed by atoms with Gasteiger partial charge in [-0.15, -0.1) is 15.3 Å². The third-order valence-electron chi connectivity index (χ3n) is 17.4. The lowest BCUT2D eigenvalue weighted by Gasteiger charge is -2.25. The third kappa shape index (κ3) is 13.6. The van der Waals surface area contributed by atoms with E-state index in [1.54, 1.807) is 50.3 Å². The van der Waals surface area contributed by atoms with Crippen LogP contribution in [0.15, 0.2) is 267 Å². The molecule has 12 aromatic rings. The zero-order valence-corrected chi connectivity index (χ0v) is 55.8. The number of hydroxylamine groups is 1. The van der Waals surface area contributed by atoms with Gasteiger partial charge in [-0.2, -0.15) is 15.3 Å². The minimum Gasteiger partial charge on any atom is -0.494 e. The van der Waals surface area contributed by atoms with Crippen molar-refractivity contribution in [2.24, 2.45) is 30.7 Å². The van der Waals surface area contributed by atoms with Gasteiger partial charge < -0.3 is 28.9 Å². The zero-order valence-electron chi connectivity index (χ0n) is 55.8. The highest BCUT2D eigenvalue weighted by Crippen LogP contribution is 2.46. The Morgan fingerprint density at radius 2 is 0.670 bits per heavy atom. The molecule has 0 saturated heterocycles. The van der Waals surface area contributed by atoms with Crippen molar-refractivity contribution < 1.29 is 28.6 Å². The van der Waals surface area contributed by atoms with Crippen molar-refractivity contribution in [3.05, 3.63) is 270 Å². The quantitative estimate of drug-likeness (QED) is 0.0452. The van der Waals surface area contributed by atoms with Crippen molar-refractivity contribution in [1.29, 1.82) is 0 Å². The monoisotopic (exact) mass is 1280 g/mol. The number of aryl methyl sites for hydroxylation is 3. The number of hydrogen-bond donors (Lipinski definition) is 0. The predicted octanol–water partition coefficient (Wildman–Crippen LogP) is 21.7. The Labute approximate surface area is 565 Å². The number of fused-ring (bicyclic) bond motifs is 3. The predicted molar refractivity (Wildman–Crippen MR) is 391 cm³/mol.